The fraction of sp³-hybridized carbons (Fsp3) is 0.103. The molecule has 4 aromatic carbocycles. The zero-order valence-corrected chi connectivity index (χ0v) is 18.8. The number of ether oxygens (including phenoxy) is 1. The minimum Gasteiger partial charge on any atom is -0.488 e. The summed E-state index contributed by atoms with van der Waals surface area (Å²) in [5.74, 6) is 0.288. The number of urea groups is 1. The van der Waals surface area contributed by atoms with Gasteiger partial charge in [-0.05, 0) is 41.0 Å². The third-order valence-corrected chi connectivity index (χ3v) is 5.91. The minimum atomic E-state index is -0.425. The second-order valence-electron chi connectivity index (χ2n) is 8.33. The molecule has 5 heteroatoms. The molecule has 1 aliphatic heterocycles. The van der Waals surface area contributed by atoms with Gasteiger partial charge in [-0.1, -0.05) is 90.5 Å². The molecule has 4 aromatic rings. The number of nitrogens with zero attached hydrogens (tertiary/aromatic N) is 1. The smallest absolute Gasteiger partial charge is 0.329 e. The summed E-state index contributed by atoms with van der Waals surface area (Å²) in [6.45, 7) is 2.61. The average molecular weight is 449 g/mol. The topological polar surface area (TPSA) is 58.6 Å². The van der Waals surface area contributed by atoms with Crippen LogP contribution in [0.1, 0.15) is 22.3 Å². The molecule has 0 unspecified atom stereocenters. The number of imide groups is 1. The number of amides is 3. The van der Waals surface area contributed by atoms with E-state index in [1.807, 2.05) is 79.7 Å². The average Bonchev–Trinajstić information content (AvgIpc) is 3.12. The number of benzene rings is 4. The van der Waals surface area contributed by atoms with E-state index < -0.39 is 6.03 Å². The summed E-state index contributed by atoms with van der Waals surface area (Å²) in [6.07, 6.45) is 1.67. The van der Waals surface area contributed by atoms with Crippen molar-refractivity contribution < 1.29 is 14.3 Å². The Bertz CT molecular complexity index is 1400. The Morgan fingerprint density at radius 1 is 0.853 bits per heavy atom. The first-order chi connectivity index (χ1) is 16.6. The second kappa shape index (κ2) is 9.24. The fourth-order valence-electron chi connectivity index (χ4n) is 4.05. The SMILES string of the molecule is Cc1ccc(CN2C(=O)NC(=Cc3ccccc3OCc3cccc4ccccc34)C2=O)cc1. The summed E-state index contributed by atoms with van der Waals surface area (Å²) in [6, 6.07) is 29.2. The van der Waals surface area contributed by atoms with E-state index in [1.54, 1.807) is 6.08 Å². The highest BCUT2D eigenvalue weighted by Crippen LogP contribution is 2.26. The van der Waals surface area contributed by atoms with Crippen LogP contribution in [0.4, 0.5) is 4.79 Å². The van der Waals surface area contributed by atoms with E-state index in [0.29, 0.717) is 12.4 Å². The number of nitrogens with one attached hydrogen (secondary N) is 1. The first kappa shape index (κ1) is 21.5. The lowest BCUT2D eigenvalue weighted by Gasteiger charge is -2.12. The van der Waals surface area contributed by atoms with Gasteiger partial charge in [0.05, 0.1) is 6.54 Å². The number of carbonyl (C=O) groups is 2. The Hall–Kier alpha value is -4.38. The molecule has 5 nitrogen and oxygen atoms in total. The molecule has 0 radical (unpaired) electrons. The highest BCUT2D eigenvalue weighted by Gasteiger charge is 2.33. The van der Waals surface area contributed by atoms with E-state index in [0.717, 1.165) is 33.0 Å². The molecule has 0 aliphatic carbocycles. The highest BCUT2D eigenvalue weighted by atomic mass is 16.5. The number of carbonyl (C=O) groups excluding carboxylic acids is 2. The van der Waals surface area contributed by atoms with Crippen molar-refractivity contribution in [3.63, 3.8) is 0 Å². The van der Waals surface area contributed by atoms with Crippen molar-refractivity contribution in [1.29, 1.82) is 0 Å². The van der Waals surface area contributed by atoms with E-state index in [9.17, 15) is 9.59 Å². The molecule has 0 atom stereocenters. The maximum Gasteiger partial charge on any atom is 0.329 e. The normalized spacial score (nSPS) is 14.6. The van der Waals surface area contributed by atoms with Crippen LogP contribution in [0.5, 0.6) is 5.75 Å². The van der Waals surface area contributed by atoms with Crippen molar-refractivity contribution in [2.75, 3.05) is 0 Å². The molecule has 168 valence electrons. The van der Waals surface area contributed by atoms with E-state index in [-0.39, 0.29) is 18.1 Å². The first-order valence-electron chi connectivity index (χ1n) is 11.2. The molecule has 0 spiro atoms. The summed E-state index contributed by atoms with van der Waals surface area (Å²) >= 11 is 0. The predicted octanol–water partition coefficient (Wildman–Crippen LogP) is 5.82. The van der Waals surface area contributed by atoms with Crippen LogP contribution in [-0.4, -0.2) is 16.8 Å². The largest absolute Gasteiger partial charge is 0.488 e. The number of hydrogen-bond acceptors (Lipinski definition) is 3. The maximum atomic E-state index is 13.0. The zero-order chi connectivity index (χ0) is 23.5. The summed E-state index contributed by atoms with van der Waals surface area (Å²) in [7, 11) is 0. The van der Waals surface area contributed by atoms with Crippen LogP contribution in [0.3, 0.4) is 0 Å². The Labute approximate surface area is 198 Å². The predicted molar refractivity (Wildman–Crippen MR) is 133 cm³/mol. The summed E-state index contributed by atoms with van der Waals surface area (Å²) in [4.78, 5) is 26.7. The number of aryl methyl sites for hydroxylation is 1. The van der Waals surface area contributed by atoms with E-state index in [4.69, 9.17) is 4.74 Å². The molecule has 1 N–H and O–H groups in total. The lowest BCUT2D eigenvalue weighted by molar-refractivity contribution is -0.123. The van der Waals surface area contributed by atoms with Gasteiger partial charge in [0.2, 0.25) is 0 Å². The van der Waals surface area contributed by atoms with Gasteiger partial charge in [0, 0.05) is 5.56 Å². The van der Waals surface area contributed by atoms with Crippen molar-refractivity contribution >= 4 is 28.8 Å². The van der Waals surface area contributed by atoms with Gasteiger partial charge in [0.25, 0.3) is 5.91 Å². The van der Waals surface area contributed by atoms with Crippen LogP contribution in [0.2, 0.25) is 0 Å². The van der Waals surface area contributed by atoms with Gasteiger partial charge in [-0.2, -0.15) is 0 Å². The molecule has 0 saturated carbocycles. The molecular weight excluding hydrogens is 424 g/mol. The zero-order valence-electron chi connectivity index (χ0n) is 18.8. The summed E-state index contributed by atoms with van der Waals surface area (Å²) in [5, 5.41) is 5.01. The third-order valence-electron chi connectivity index (χ3n) is 5.91. The van der Waals surface area contributed by atoms with Crippen molar-refractivity contribution in [3.8, 4) is 5.75 Å². The minimum absolute atomic E-state index is 0.224. The van der Waals surface area contributed by atoms with Crippen LogP contribution in [0, 0.1) is 6.92 Å². The van der Waals surface area contributed by atoms with Crippen LogP contribution in [0.15, 0.2) is 96.7 Å². The quantitative estimate of drug-likeness (QED) is 0.299. The molecule has 1 fully saturated rings. The summed E-state index contributed by atoms with van der Waals surface area (Å²) in [5.41, 5.74) is 4.06. The maximum absolute atomic E-state index is 13.0. The van der Waals surface area contributed by atoms with E-state index >= 15 is 0 Å². The standard InChI is InChI=1S/C29H24N2O3/c1-20-13-15-21(16-14-20)18-31-28(32)26(30-29(31)33)17-23-8-3-5-12-27(23)34-19-24-10-6-9-22-7-2-4-11-25(22)24/h2-17H,18-19H2,1H3,(H,30,33). The van der Waals surface area contributed by atoms with Gasteiger partial charge in [-0.15, -0.1) is 0 Å². The molecule has 34 heavy (non-hydrogen) atoms. The Kier molecular flexibility index (Phi) is 5.83. The lowest BCUT2D eigenvalue weighted by atomic mass is 10.1. The van der Waals surface area contributed by atoms with Crippen molar-refractivity contribution in [1.82, 2.24) is 10.2 Å². The number of rotatable bonds is 6. The van der Waals surface area contributed by atoms with E-state index in [1.165, 1.54) is 4.90 Å². The van der Waals surface area contributed by atoms with Crippen molar-refractivity contribution in [3.05, 3.63) is 119 Å². The fourth-order valence-corrected chi connectivity index (χ4v) is 4.05. The lowest BCUT2D eigenvalue weighted by Crippen LogP contribution is -2.30. The number of hydrogen-bond donors (Lipinski definition) is 1. The Morgan fingerprint density at radius 2 is 1.59 bits per heavy atom. The van der Waals surface area contributed by atoms with Crippen LogP contribution in [0.25, 0.3) is 16.8 Å². The van der Waals surface area contributed by atoms with Crippen LogP contribution < -0.4 is 10.1 Å². The molecule has 1 saturated heterocycles. The molecule has 1 aliphatic rings. The molecule has 5 rings (SSSR count). The van der Waals surface area contributed by atoms with Gasteiger partial charge in [0.1, 0.15) is 18.1 Å². The van der Waals surface area contributed by atoms with Gasteiger partial charge in [-0.3, -0.25) is 9.69 Å². The monoisotopic (exact) mass is 448 g/mol. The van der Waals surface area contributed by atoms with Gasteiger partial charge in [-0.25, -0.2) is 4.79 Å². The highest BCUT2D eigenvalue weighted by molar-refractivity contribution is 6.14. The van der Waals surface area contributed by atoms with Crippen molar-refractivity contribution in [2.45, 2.75) is 20.1 Å². The number of fused-ring (bicyclic) bond motifs is 1. The van der Waals surface area contributed by atoms with Gasteiger partial charge in [0.15, 0.2) is 0 Å². The summed E-state index contributed by atoms with van der Waals surface area (Å²) < 4.78 is 6.16. The van der Waals surface area contributed by atoms with Crippen LogP contribution >= 0.6 is 0 Å². The molecule has 3 amide bonds. The van der Waals surface area contributed by atoms with Crippen molar-refractivity contribution in [2.24, 2.45) is 0 Å². The second-order valence-corrected chi connectivity index (χ2v) is 8.33. The van der Waals surface area contributed by atoms with E-state index in [2.05, 4.69) is 23.5 Å². The molecule has 0 aromatic heterocycles. The van der Waals surface area contributed by atoms with Gasteiger partial charge < -0.3 is 10.1 Å². The number of para-hydroxylation sites is 1. The van der Waals surface area contributed by atoms with Gasteiger partial charge >= 0.3 is 6.03 Å². The van der Waals surface area contributed by atoms with Crippen LogP contribution in [-0.2, 0) is 17.9 Å². The Morgan fingerprint density at radius 3 is 2.44 bits per heavy atom. The third kappa shape index (κ3) is 4.41. The molecular formula is C29H24N2O3. The first-order valence-corrected chi connectivity index (χ1v) is 11.2. The Balaban J connectivity index is 1.35. The molecule has 0 bridgehead atoms. The molecule has 1 heterocycles.